The molecule has 0 amide bonds. The van der Waals surface area contributed by atoms with Crippen molar-refractivity contribution in [1.29, 1.82) is 0 Å². The SMILES string of the molecule is c1ccc2c(-c3cc(-c4ccc(-n5c6ccccc6c6ccccc65)cc4)nc(-c4ccc(-c5nccc6ccccc56)cc4)n3)cccc2c1. The van der Waals surface area contributed by atoms with E-state index < -0.39 is 0 Å². The molecule has 51 heavy (non-hydrogen) atoms. The minimum atomic E-state index is 0.680. The van der Waals surface area contributed by atoms with Crippen molar-refractivity contribution >= 4 is 43.4 Å². The smallest absolute Gasteiger partial charge is 0.160 e. The Morgan fingerprint density at radius 3 is 1.67 bits per heavy atom. The fourth-order valence-electron chi connectivity index (χ4n) is 7.42. The van der Waals surface area contributed by atoms with Crippen molar-refractivity contribution in [2.75, 3.05) is 0 Å². The average Bonchev–Trinajstić information content (AvgIpc) is 3.55. The predicted octanol–water partition coefficient (Wildman–Crippen LogP) is 11.9. The third-order valence-electron chi connectivity index (χ3n) is 9.88. The van der Waals surface area contributed by atoms with Gasteiger partial charge >= 0.3 is 0 Å². The lowest BCUT2D eigenvalue weighted by Gasteiger charge is -2.13. The number of hydrogen-bond donors (Lipinski definition) is 0. The van der Waals surface area contributed by atoms with Crippen LogP contribution in [0.25, 0.3) is 94.2 Å². The lowest BCUT2D eigenvalue weighted by atomic mass is 10.00. The predicted molar refractivity (Wildman–Crippen MR) is 211 cm³/mol. The van der Waals surface area contributed by atoms with Crippen LogP contribution in [-0.4, -0.2) is 19.5 Å². The molecule has 4 nitrogen and oxygen atoms in total. The first kappa shape index (κ1) is 29.0. The van der Waals surface area contributed by atoms with Crippen molar-refractivity contribution in [2.45, 2.75) is 0 Å². The Hall–Kier alpha value is -6.91. The molecular weight excluding hydrogens is 621 g/mol. The molecule has 0 fully saturated rings. The van der Waals surface area contributed by atoms with Gasteiger partial charge < -0.3 is 4.57 Å². The molecule has 0 bridgehead atoms. The Balaban J connectivity index is 1.10. The number of benzene rings is 7. The van der Waals surface area contributed by atoms with Gasteiger partial charge in [0.25, 0.3) is 0 Å². The van der Waals surface area contributed by atoms with Gasteiger partial charge in [-0.05, 0) is 52.6 Å². The Labute approximate surface area is 295 Å². The number of fused-ring (bicyclic) bond motifs is 5. The van der Waals surface area contributed by atoms with Crippen molar-refractivity contribution in [1.82, 2.24) is 19.5 Å². The number of pyridine rings is 1. The van der Waals surface area contributed by atoms with Crippen LogP contribution in [0.5, 0.6) is 0 Å². The summed E-state index contributed by atoms with van der Waals surface area (Å²) in [5.41, 5.74) is 10.3. The maximum absolute atomic E-state index is 5.20. The molecule has 3 aromatic heterocycles. The second-order valence-electron chi connectivity index (χ2n) is 12.9. The molecule has 0 aliphatic carbocycles. The summed E-state index contributed by atoms with van der Waals surface area (Å²) in [6, 6.07) is 61.8. The summed E-state index contributed by atoms with van der Waals surface area (Å²) in [6.45, 7) is 0. The molecule has 4 heteroatoms. The van der Waals surface area contributed by atoms with E-state index in [1.165, 1.54) is 32.6 Å². The Morgan fingerprint density at radius 1 is 0.392 bits per heavy atom. The van der Waals surface area contributed by atoms with Gasteiger partial charge in [0.15, 0.2) is 5.82 Å². The third-order valence-corrected chi connectivity index (χ3v) is 9.88. The van der Waals surface area contributed by atoms with Gasteiger partial charge in [-0.3, -0.25) is 4.98 Å². The van der Waals surface area contributed by atoms with Crippen molar-refractivity contribution in [2.24, 2.45) is 0 Å². The minimum absolute atomic E-state index is 0.680. The zero-order chi connectivity index (χ0) is 33.7. The zero-order valence-corrected chi connectivity index (χ0v) is 27.6. The second-order valence-corrected chi connectivity index (χ2v) is 12.9. The third kappa shape index (κ3) is 4.96. The molecule has 0 N–H and O–H groups in total. The van der Waals surface area contributed by atoms with Gasteiger partial charge in [0.1, 0.15) is 0 Å². The van der Waals surface area contributed by atoms with E-state index in [0.717, 1.165) is 55.8 Å². The van der Waals surface area contributed by atoms with Crippen LogP contribution in [0.15, 0.2) is 182 Å². The summed E-state index contributed by atoms with van der Waals surface area (Å²) in [6.07, 6.45) is 1.88. The van der Waals surface area contributed by atoms with Crippen molar-refractivity contribution in [3.8, 4) is 50.8 Å². The first-order valence-corrected chi connectivity index (χ1v) is 17.2. The van der Waals surface area contributed by atoms with E-state index in [9.17, 15) is 0 Å². The van der Waals surface area contributed by atoms with Crippen LogP contribution in [0.2, 0.25) is 0 Å². The lowest BCUT2D eigenvalue weighted by Crippen LogP contribution is -1.97. The normalized spacial score (nSPS) is 11.5. The van der Waals surface area contributed by atoms with Gasteiger partial charge in [0.05, 0.1) is 28.1 Å². The number of rotatable bonds is 5. The molecule has 0 aliphatic rings. The zero-order valence-electron chi connectivity index (χ0n) is 27.6. The molecule has 0 saturated heterocycles. The first-order valence-electron chi connectivity index (χ1n) is 17.2. The standard InChI is InChI=1S/C47H30N4/c1-3-13-37-31(10-1)12-9-17-39(37)43-30-42(33-24-26-36(27-25-33)51-44-18-7-5-15-40(44)41-16-6-8-19-45(41)51)49-47(50-43)35-22-20-34(21-23-35)46-38-14-4-2-11-32(38)28-29-48-46/h1-30H. The van der Waals surface area contributed by atoms with E-state index >= 15 is 0 Å². The number of nitrogens with zero attached hydrogens (tertiary/aromatic N) is 4. The second kappa shape index (κ2) is 11.9. The topological polar surface area (TPSA) is 43.6 Å². The monoisotopic (exact) mass is 650 g/mol. The molecule has 238 valence electrons. The summed E-state index contributed by atoms with van der Waals surface area (Å²) in [4.78, 5) is 15.1. The number of hydrogen-bond acceptors (Lipinski definition) is 3. The van der Waals surface area contributed by atoms with Crippen LogP contribution >= 0.6 is 0 Å². The molecule has 7 aromatic carbocycles. The highest BCUT2D eigenvalue weighted by atomic mass is 15.0. The van der Waals surface area contributed by atoms with Crippen molar-refractivity contribution in [3.05, 3.63) is 182 Å². The summed E-state index contributed by atoms with van der Waals surface area (Å²) >= 11 is 0. The molecule has 0 aliphatic heterocycles. The molecule has 10 aromatic rings. The van der Waals surface area contributed by atoms with E-state index in [1.54, 1.807) is 0 Å². The van der Waals surface area contributed by atoms with Crippen LogP contribution in [0.3, 0.4) is 0 Å². The molecular formula is C47H30N4. The van der Waals surface area contributed by atoms with Crippen molar-refractivity contribution < 1.29 is 0 Å². The van der Waals surface area contributed by atoms with Gasteiger partial charge in [0, 0.05) is 50.3 Å². The fraction of sp³-hybridized carbons (Fsp3) is 0. The highest BCUT2D eigenvalue weighted by Gasteiger charge is 2.15. The number of para-hydroxylation sites is 2. The van der Waals surface area contributed by atoms with Gasteiger partial charge in [-0.1, -0.05) is 140 Å². The van der Waals surface area contributed by atoms with Crippen LogP contribution in [-0.2, 0) is 0 Å². The van der Waals surface area contributed by atoms with E-state index in [1.807, 2.05) is 6.20 Å². The van der Waals surface area contributed by atoms with Gasteiger partial charge in [-0.25, -0.2) is 9.97 Å². The average molecular weight is 651 g/mol. The fourth-order valence-corrected chi connectivity index (χ4v) is 7.42. The molecule has 10 rings (SSSR count). The Morgan fingerprint density at radius 2 is 0.941 bits per heavy atom. The Kier molecular flexibility index (Phi) is 6.78. The highest BCUT2D eigenvalue weighted by Crippen LogP contribution is 2.35. The summed E-state index contributed by atoms with van der Waals surface area (Å²) < 4.78 is 2.34. The van der Waals surface area contributed by atoms with Gasteiger partial charge in [0.2, 0.25) is 0 Å². The molecule has 0 atom stereocenters. The largest absolute Gasteiger partial charge is 0.309 e. The van der Waals surface area contributed by atoms with Crippen LogP contribution in [0.4, 0.5) is 0 Å². The molecule has 0 radical (unpaired) electrons. The molecule has 3 heterocycles. The summed E-state index contributed by atoms with van der Waals surface area (Å²) in [5, 5.41) is 7.15. The molecule has 0 saturated carbocycles. The van der Waals surface area contributed by atoms with Gasteiger partial charge in [-0.15, -0.1) is 0 Å². The molecule has 0 unspecified atom stereocenters. The van der Waals surface area contributed by atoms with Crippen LogP contribution < -0.4 is 0 Å². The van der Waals surface area contributed by atoms with E-state index in [-0.39, 0.29) is 0 Å². The minimum Gasteiger partial charge on any atom is -0.309 e. The quantitative estimate of drug-likeness (QED) is 0.186. The lowest BCUT2D eigenvalue weighted by molar-refractivity contribution is 1.17. The van der Waals surface area contributed by atoms with E-state index in [0.29, 0.717) is 5.82 Å². The van der Waals surface area contributed by atoms with Crippen LogP contribution in [0, 0.1) is 0 Å². The number of aromatic nitrogens is 4. The first-order chi connectivity index (χ1) is 25.3. The maximum atomic E-state index is 5.20. The Bertz CT molecular complexity index is 2840. The summed E-state index contributed by atoms with van der Waals surface area (Å²) in [7, 11) is 0. The van der Waals surface area contributed by atoms with Crippen molar-refractivity contribution in [3.63, 3.8) is 0 Å². The highest BCUT2D eigenvalue weighted by molar-refractivity contribution is 6.09. The van der Waals surface area contributed by atoms with Crippen LogP contribution in [0.1, 0.15) is 0 Å². The van der Waals surface area contributed by atoms with Gasteiger partial charge in [-0.2, -0.15) is 0 Å². The maximum Gasteiger partial charge on any atom is 0.160 e. The molecule has 0 spiro atoms. The van der Waals surface area contributed by atoms with E-state index in [4.69, 9.17) is 15.0 Å². The summed E-state index contributed by atoms with van der Waals surface area (Å²) in [5.74, 6) is 0.680. The van der Waals surface area contributed by atoms with E-state index in [2.05, 4.69) is 180 Å².